The van der Waals surface area contributed by atoms with Gasteiger partial charge in [0.1, 0.15) is 11.5 Å². The van der Waals surface area contributed by atoms with Crippen LogP contribution < -0.4 is 19.8 Å². The number of amides is 1. The molecule has 0 atom stereocenters. The van der Waals surface area contributed by atoms with Gasteiger partial charge in [0.25, 0.3) is 5.91 Å². The number of nitrogens with one attached hydrogen (secondary N) is 1. The molecule has 6 heteroatoms. The summed E-state index contributed by atoms with van der Waals surface area (Å²) >= 11 is 0. The number of aryl methyl sites for hydroxylation is 1. The van der Waals surface area contributed by atoms with Crippen LogP contribution in [-0.2, 0) is 0 Å². The molecule has 0 aromatic heterocycles. The van der Waals surface area contributed by atoms with Crippen molar-refractivity contribution in [3.05, 3.63) is 53.1 Å². The summed E-state index contributed by atoms with van der Waals surface area (Å²) in [5, 5.41) is 4.08. The van der Waals surface area contributed by atoms with Gasteiger partial charge in [-0.05, 0) is 55.2 Å². The van der Waals surface area contributed by atoms with Crippen molar-refractivity contribution in [3.63, 3.8) is 0 Å². The topological polar surface area (TPSA) is 63.2 Å². The Hall–Kier alpha value is -3.02. The molecule has 2 aromatic carbocycles. The summed E-state index contributed by atoms with van der Waals surface area (Å²) in [6, 6.07) is 11.2. The van der Waals surface area contributed by atoms with E-state index in [2.05, 4.69) is 34.5 Å². The summed E-state index contributed by atoms with van der Waals surface area (Å²) in [4.78, 5) is 14.7. The van der Waals surface area contributed by atoms with Gasteiger partial charge >= 0.3 is 0 Å². The third-order valence-corrected chi connectivity index (χ3v) is 4.66. The van der Waals surface area contributed by atoms with Crippen LogP contribution in [0.4, 0.5) is 5.69 Å². The second-order valence-corrected chi connectivity index (χ2v) is 6.54. The molecule has 1 heterocycles. The van der Waals surface area contributed by atoms with E-state index in [-0.39, 0.29) is 5.91 Å². The number of hydrogen-bond donors (Lipinski definition) is 1. The molecule has 1 aliphatic rings. The van der Waals surface area contributed by atoms with Gasteiger partial charge in [0.2, 0.25) is 0 Å². The van der Waals surface area contributed by atoms with Gasteiger partial charge in [0, 0.05) is 30.4 Å². The first kappa shape index (κ1) is 18.8. The Morgan fingerprint density at radius 1 is 1.07 bits per heavy atom. The van der Waals surface area contributed by atoms with Gasteiger partial charge < -0.3 is 14.4 Å². The lowest BCUT2D eigenvalue weighted by molar-refractivity contribution is 0.0954. The molecule has 6 nitrogen and oxygen atoms in total. The number of methoxy groups -OCH3 is 2. The van der Waals surface area contributed by atoms with Crippen molar-refractivity contribution < 1.29 is 14.3 Å². The number of rotatable bonds is 6. The van der Waals surface area contributed by atoms with Crippen LogP contribution in [0.25, 0.3) is 0 Å². The molecule has 142 valence electrons. The largest absolute Gasteiger partial charge is 0.497 e. The summed E-state index contributed by atoms with van der Waals surface area (Å²) < 4.78 is 10.4. The standard InChI is InChI=1S/C21H25N3O3/c1-15-10-16(6-7-20(15)24-8-4-5-9-24)14-22-23-21(25)17-11-18(26-2)13-19(12-17)27-3/h6-7,10-14H,4-5,8-9H2,1-3H3,(H,23,25)/b22-14+. The average molecular weight is 367 g/mol. The molecule has 1 fully saturated rings. The zero-order valence-corrected chi connectivity index (χ0v) is 16.0. The number of anilines is 1. The highest BCUT2D eigenvalue weighted by molar-refractivity contribution is 5.95. The van der Waals surface area contributed by atoms with Crippen LogP contribution in [0.15, 0.2) is 41.5 Å². The summed E-state index contributed by atoms with van der Waals surface area (Å²) in [5.41, 5.74) is 6.40. The van der Waals surface area contributed by atoms with E-state index in [1.165, 1.54) is 24.1 Å². The fourth-order valence-corrected chi connectivity index (χ4v) is 3.24. The predicted molar refractivity (Wildman–Crippen MR) is 107 cm³/mol. The lowest BCUT2D eigenvalue weighted by Gasteiger charge is -2.20. The van der Waals surface area contributed by atoms with Crippen molar-refractivity contribution in [3.8, 4) is 11.5 Å². The highest BCUT2D eigenvalue weighted by atomic mass is 16.5. The minimum absolute atomic E-state index is 0.325. The molecule has 0 unspecified atom stereocenters. The molecule has 2 aromatic rings. The van der Waals surface area contributed by atoms with Crippen LogP contribution in [0.3, 0.4) is 0 Å². The Labute approximate surface area is 159 Å². The number of nitrogens with zero attached hydrogens (tertiary/aromatic N) is 2. The van der Waals surface area contributed by atoms with Crippen LogP contribution in [-0.4, -0.2) is 39.4 Å². The highest BCUT2D eigenvalue weighted by Gasteiger charge is 2.14. The van der Waals surface area contributed by atoms with E-state index < -0.39 is 0 Å². The number of hydrazone groups is 1. The van der Waals surface area contributed by atoms with Crippen LogP contribution in [0.2, 0.25) is 0 Å². The van der Waals surface area contributed by atoms with Crippen molar-refractivity contribution in [1.82, 2.24) is 5.43 Å². The highest BCUT2D eigenvalue weighted by Crippen LogP contribution is 2.25. The molecule has 1 N–H and O–H groups in total. The van der Waals surface area contributed by atoms with Gasteiger partial charge in [-0.15, -0.1) is 0 Å². The van der Waals surface area contributed by atoms with Crippen LogP contribution in [0.1, 0.15) is 34.3 Å². The van der Waals surface area contributed by atoms with Gasteiger partial charge in [-0.25, -0.2) is 5.43 Å². The molecule has 1 aliphatic heterocycles. The second-order valence-electron chi connectivity index (χ2n) is 6.54. The summed E-state index contributed by atoms with van der Waals surface area (Å²) in [5.74, 6) is 0.780. The van der Waals surface area contributed by atoms with Crippen molar-refractivity contribution in [2.24, 2.45) is 5.10 Å². The lowest BCUT2D eigenvalue weighted by Crippen LogP contribution is -2.19. The van der Waals surface area contributed by atoms with E-state index in [9.17, 15) is 4.79 Å². The number of ether oxygens (including phenoxy) is 2. The van der Waals surface area contributed by atoms with Gasteiger partial charge in [0.15, 0.2) is 0 Å². The molecule has 1 saturated heterocycles. The van der Waals surface area contributed by atoms with Crippen molar-refractivity contribution in [2.45, 2.75) is 19.8 Å². The van der Waals surface area contributed by atoms with Crippen molar-refractivity contribution in [1.29, 1.82) is 0 Å². The monoisotopic (exact) mass is 367 g/mol. The Kier molecular flexibility index (Phi) is 5.96. The maximum Gasteiger partial charge on any atom is 0.271 e. The predicted octanol–water partition coefficient (Wildman–Crippen LogP) is 3.38. The number of hydrogen-bond acceptors (Lipinski definition) is 5. The van der Waals surface area contributed by atoms with E-state index in [4.69, 9.17) is 9.47 Å². The number of carbonyl (C=O) groups is 1. The van der Waals surface area contributed by atoms with Gasteiger partial charge in [-0.3, -0.25) is 4.79 Å². The Bertz CT molecular complexity index is 820. The summed E-state index contributed by atoms with van der Waals surface area (Å²) in [6.45, 7) is 4.34. The minimum Gasteiger partial charge on any atom is -0.497 e. The Morgan fingerprint density at radius 3 is 2.33 bits per heavy atom. The summed E-state index contributed by atoms with van der Waals surface area (Å²) in [6.07, 6.45) is 4.16. The number of benzene rings is 2. The quantitative estimate of drug-likeness (QED) is 0.628. The molecule has 0 spiro atoms. The van der Waals surface area contributed by atoms with E-state index >= 15 is 0 Å². The third-order valence-electron chi connectivity index (χ3n) is 4.66. The van der Waals surface area contributed by atoms with E-state index in [0.29, 0.717) is 17.1 Å². The molecule has 0 aliphatic carbocycles. The first-order chi connectivity index (χ1) is 13.1. The van der Waals surface area contributed by atoms with Gasteiger partial charge in [0.05, 0.1) is 20.4 Å². The molecular weight excluding hydrogens is 342 g/mol. The number of carbonyl (C=O) groups excluding carboxylic acids is 1. The zero-order valence-electron chi connectivity index (χ0n) is 16.0. The van der Waals surface area contributed by atoms with E-state index in [1.807, 2.05) is 6.07 Å². The van der Waals surface area contributed by atoms with Crippen molar-refractivity contribution >= 4 is 17.8 Å². The van der Waals surface area contributed by atoms with Crippen LogP contribution in [0, 0.1) is 6.92 Å². The normalized spacial score (nSPS) is 13.8. The van der Waals surface area contributed by atoms with Crippen molar-refractivity contribution in [2.75, 3.05) is 32.2 Å². The summed E-state index contributed by atoms with van der Waals surface area (Å²) in [7, 11) is 3.09. The SMILES string of the molecule is COc1cc(OC)cc(C(=O)N/N=C/c2ccc(N3CCCC3)c(C)c2)c1. The average Bonchev–Trinajstić information content (AvgIpc) is 3.22. The molecule has 0 bridgehead atoms. The molecule has 27 heavy (non-hydrogen) atoms. The van der Waals surface area contributed by atoms with Gasteiger partial charge in [-0.1, -0.05) is 6.07 Å². The Morgan fingerprint density at radius 2 is 1.74 bits per heavy atom. The molecule has 1 amide bonds. The van der Waals surface area contributed by atoms with Crippen LogP contribution >= 0.6 is 0 Å². The second kappa shape index (κ2) is 8.58. The first-order valence-electron chi connectivity index (χ1n) is 9.03. The third kappa shape index (κ3) is 4.58. The molecule has 0 radical (unpaired) electrons. The lowest BCUT2D eigenvalue weighted by atomic mass is 10.1. The first-order valence-corrected chi connectivity index (χ1v) is 9.03. The Balaban J connectivity index is 1.66. The zero-order chi connectivity index (χ0) is 19.2. The maximum atomic E-state index is 12.3. The van der Waals surface area contributed by atoms with Crippen LogP contribution in [0.5, 0.6) is 11.5 Å². The van der Waals surface area contributed by atoms with Gasteiger partial charge in [-0.2, -0.15) is 5.10 Å². The molecular formula is C21H25N3O3. The smallest absolute Gasteiger partial charge is 0.271 e. The minimum atomic E-state index is -0.325. The van der Waals surface area contributed by atoms with E-state index in [0.717, 1.165) is 18.7 Å². The van der Waals surface area contributed by atoms with E-state index in [1.54, 1.807) is 38.6 Å². The molecule has 3 rings (SSSR count). The fourth-order valence-electron chi connectivity index (χ4n) is 3.24. The fraction of sp³-hybridized carbons (Fsp3) is 0.333. The molecule has 0 saturated carbocycles. The maximum absolute atomic E-state index is 12.3.